The molecule has 0 saturated heterocycles. The lowest BCUT2D eigenvalue weighted by Crippen LogP contribution is -1.95. The van der Waals surface area contributed by atoms with Gasteiger partial charge in [0.2, 0.25) is 0 Å². The second-order valence-corrected chi connectivity index (χ2v) is 3.92. The van der Waals surface area contributed by atoms with Crippen LogP contribution in [0.25, 0.3) is 22.5 Å². The Kier molecular flexibility index (Phi) is 2.57. The van der Waals surface area contributed by atoms with Crippen molar-refractivity contribution in [3.63, 3.8) is 0 Å². The van der Waals surface area contributed by atoms with Gasteiger partial charge < -0.3 is 4.57 Å². The van der Waals surface area contributed by atoms with Crippen molar-refractivity contribution < 1.29 is 0 Å². The molecule has 0 amide bonds. The van der Waals surface area contributed by atoms with E-state index in [1.165, 1.54) is 12.7 Å². The number of hydrogen-bond donors (Lipinski definition) is 0. The summed E-state index contributed by atoms with van der Waals surface area (Å²) in [6.45, 7) is 0. The maximum Gasteiger partial charge on any atom is 0.115 e. The van der Waals surface area contributed by atoms with Gasteiger partial charge in [-0.2, -0.15) is 0 Å². The van der Waals surface area contributed by atoms with Crippen molar-refractivity contribution in [2.45, 2.75) is 0 Å². The summed E-state index contributed by atoms with van der Waals surface area (Å²) in [5.74, 6) is 0. The van der Waals surface area contributed by atoms with Gasteiger partial charge in [0.1, 0.15) is 12.7 Å². The molecule has 0 aliphatic rings. The van der Waals surface area contributed by atoms with E-state index < -0.39 is 0 Å². The molecule has 0 atom stereocenters. The predicted molar refractivity (Wildman–Crippen MR) is 67.5 cm³/mol. The van der Waals surface area contributed by atoms with E-state index in [0.717, 1.165) is 22.5 Å². The van der Waals surface area contributed by atoms with Crippen LogP contribution in [0.2, 0.25) is 0 Å². The zero-order valence-electron chi connectivity index (χ0n) is 9.85. The molecule has 0 bridgehead atoms. The second-order valence-electron chi connectivity index (χ2n) is 3.92. The maximum absolute atomic E-state index is 4.04. The van der Waals surface area contributed by atoms with Gasteiger partial charge >= 0.3 is 0 Å². The number of rotatable bonds is 2. The Hall–Kier alpha value is -2.56. The summed E-state index contributed by atoms with van der Waals surface area (Å²) >= 11 is 0. The van der Waals surface area contributed by atoms with Crippen molar-refractivity contribution in [1.82, 2.24) is 24.5 Å². The molecule has 0 unspecified atom stereocenters. The molecule has 0 aliphatic carbocycles. The van der Waals surface area contributed by atoms with Crippen LogP contribution >= 0.6 is 0 Å². The Labute approximate surface area is 104 Å². The summed E-state index contributed by atoms with van der Waals surface area (Å²) in [5.41, 5.74) is 4.11. The van der Waals surface area contributed by atoms with Crippen molar-refractivity contribution in [2.24, 2.45) is 7.05 Å². The van der Waals surface area contributed by atoms with E-state index in [4.69, 9.17) is 0 Å². The van der Waals surface area contributed by atoms with E-state index in [-0.39, 0.29) is 0 Å². The van der Waals surface area contributed by atoms with Gasteiger partial charge in [-0.3, -0.25) is 0 Å². The summed E-state index contributed by atoms with van der Waals surface area (Å²) in [6, 6.07) is 4.09. The number of hydrogen-bond acceptors (Lipinski definition) is 4. The fourth-order valence-electron chi connectivity index (χ4n) is 1.95. The van der Waals surface area contributed by atoms with E-state index in [2.05, 4.69) is 24.5 Å². The third kappa shape index (κ3) is 1.75. The zero-order chi connectivity index (χ0) is 12.4. The first-order valence-corrected chi connectivity index (χ1v) is 5.53. The summed E-state index contributed by atoms with van der Waals surface area (Å²) in [4.78, 5) is 16.1. The number of aromatic nitrogens is 5. The number of nitrogens with zero attached hydrogens (tertiary/aromatic N) is 5. The van der Waals surface area contributed by atoms with E-state index >= 15 is 0 Å². The molecule has 0 fully saturated rings. The highest BCUT2D eigenvalue weighted by Gasteiger charge is 2.09. The van der Waals surface area contributed by atoms with Crippen LogP contribution in [0.5, 0.6) is 0 Å². The van der Waals surface area contributed by atoms with E-state index in [1.54, 1.807) is 24.8 Å². The van der Waals surface area contributed by atoms with Crippen molar-refractivity contribution in [3.05, 3.63) is 49.6 Å². The fraction of sp³-hybridized carbons (Fsp3) is 0.0769. The molecule has 5 heteroatoms. The van der Waals surface area contributed by atoms with Gasteiger partial charge in [0.25, 0.3) is 0 Å². The SMILES string of the molecule is Cn1c(-c2cncnc2)ccc1-c1cncnc1. The lowest BCUT2D eigenvalue weighted by atomic mass is 10.2. The van der Waals surface area contributed by atoms with Gasteiger partial charge in [-0.25, -0.2) is 19.9 Å². The van der Waals surface area contributed by atoms with Gasteiger partial charge in [0.15, 0.2) is 0 Å². The van der Waals surface area contributed by atoms with E-state index in [1.807, 2.05) is 19.2 Å². The van der Waals surface area contributed by atoms with Crippen molar-refractivity contribution >= 4 is 0 Å². The van der Waals surface area contributed by atoms with Crippen molar-refractivity contribution in [2.75, 3.05) is 0 Å². The Morgan fingerprint density at radius 1 is 0.722 bits per heavy atom. The molecule has 0 aromatic carbocycles. The Morgan fingerprint density at radius 2 is 1.11 bits per heavy atom. The van der Waals surface area contributed by atoms with Crippen molar-refractivity contribution in [1.29, 1.82) is 0 Å². The van der Waals surface area contributed by atoms with Crippen LogP contribution in [-0.4, -0.2) is 24.5 Å². The average Bonchev–Trinajstić information content (AvgIpc) is 2.83. The fourth-order valence-corrected chi connectivity index (χ4v) is 1.95. The predicted octanol–water partition coefficient (Wildman–Crippen LogP) is 1.94. The molecule has 88 valence electrons. The highest BCUT2D eigenvalue weighted by atomic mass is 15.0. The molecule has 0 radical (unpaired) electrons. The Morgan fingerprint density at radius 3 is 1.50 bits per heavy atom. The second kappa shape index (κ2) is 4.37. The maximum atomic E-state index is 4.04. The quantitative estimate of drug-likeness (QED) is 0.683. The summed E-state index contributed by atoms with van der Waals surface area (Å²) in [7, 11) is 2.00. The van der Waals surface area contributed by atoms with Crippen LogP contribution < -0.4 is 0 Å². The lowest BCUT2D eigenvalue weighted by Gasteiger charge is -2.06. The standard InChI is InChI=1S/C13H11N5/c1-18-12(10-4-14-8-15-5-10)2-3-13(18)11-6-16-9-17-7-11/h2-9H,1H3. The molecule has 0 N–H and O–H groups in total. The van der Waals surface area contributed by atoms with Gasteiger partial charge in [-0.1, -0.05) is 0 Å². The summed E-state index contributed by atoms with van der Waals surface area (Å²) in [5, 5.41) is 0. The molecular weight excluding hydrogens is 226 g/mol. The molecule has 0 spiro atoms. The van der Waals surface area contributed by atoms with Gasteiger partial charge in [0.05, 0.1) is 11.4 Å². The molecule has 0 saturated carbocycles. The topological polar surface area (TPSA) is 56.5 Å². The minimum absolute atomic E-state index is 0.989. The molecule has 3 aromatic rings. The first kappa shape index (κ1) is 10.6. The molecule has 3 aromatic heterocycles. The van der Waals surface area contributed by atoms with Crippen LogP contribution in [0.15, 0.2) is 49.6 Å². The van der Waals surface area contributed by atoms with Crippen LogP contribution in [-0.2, 0) is 7.05 Å². The third-order valence-electron chi connectivity index (χ3n) is 2.83. The molecule has 3 heterocycles. The van der Waals surface area contributed by atoms with Crippen molar-refractivity contribution in [3.8, 4) is 22.5 Å². The van der Waals surface area contributed by atoms with Gasteiger partial charge in [-0.15, -0.1) is 0 Å². The molecule has 3 rings (SSSR count). The average molecular weight is 237 g/mol. The Bertz CT molecular complexity index is 589. The van der Waals surface area contributed by atoms with E-state index in [0.29, 0.717) is 0 Å². The molecule has 18 heavy (non-hydrogen) atoms. The third-order valence-corrected chi connectivity index (χ3v) is 2.83. The smallest absolute Gasteiger partial charge is 0.115 e. The highest BCUT2D eigenvalue weighted by Crippen LogP contribution is 2.25. The minimum Gasteiger partial charge on any atom is -0.343 e. The summed E-state index contributed by atoms with van der Waals surface area (Å²) in [6.07, 6.45) is 10.2. The monoisotopic (exact) mass is 237 g/mol. The lowest BCUT2D eigenvalue weighted by molar-refractivity contribution is 0.938. The van der Waals surface area contributed by atoms with Crippen LogP contribution in [0.1, 0.15) is 0 Å². The van der Waals surface area contributed by atoms with Crippen LogP contribution in [0.4, 0.5) is 0 Å². The molecular formula is C13H11N5. The first-order chi connectivity index (χ1) is 8.86. The van der Waals surface area contributed by atoms with Crippen LogP contribution in [0.3, 0.4) is 0 Å². The van der Waals surface area contributed by atoms with E-state index in [9.17, 15) is 0 Å². The summed E-state index contributed by atoms with van der Waals surface area (Å²) < 4.78 is 2.08. The van der Waals surface area contributed by atoms with Gasteiger partial charge in [-0.05, 0) is 12.1 Å². The zero-order valence-corrected chi connectivity index (χ0v) is 9.85. The largest absolute Gasteiger partial charge is 0.343 e. The normalized spacial score (nSPS) is 10.5. The molecule has 5 nitrogen and oxygen atoms in total. The van der Waals surface area contributed by atoms with Gasteiger partial charge in [0, 0.05) is 43.0 Å². The first-order valence-electron chi connectivity index (χ1n) is 5.53. The highest BCUT2D eigenvalue weighted by molar-refractivity contribution is 5.67. The van der Waals surface area contributed by atoms with Crippen LogP contribution in [0, 0.1) is 0 Å². The minimum atomic E-state index is 0.989. The molecule has 0 aliphatic heterocycles. The Balaban J connectivity index is 2.09.